The molecule has 2 heterocycles. The van der Waals surface area contributed by atoms with Crippen LogP contribution in [0.4, 0.5) is 15.2 Å². The molecule has 0 spiro atoms. The highest BCUT2D eigenvalue weighted by atomic mass is 32.2. The number of fused-ring (bicyclic) bond motifs is 1. The Hall–Kier alpha value is -4.02. The first-order chi connectivity index (χ1) is 17.9. The summed E-state index contributed by atoms with van der Waals surface area (Å²) in [5, 5.41) is 0.375. The molecule has 188 valence electrons. The number of furan rings is 1. The average molecular weight is 536 g/mol. The number of carbonyl (C=O) groups is 1. The monoisotopic (exact) mass is 535 g/mol. The molecule has 0 fully saturated rings. The summed E-state index contributed by atoms with van der Waals surface area (Å²) in [4.78, 5) is 19.6. The third kappa shape index (κ3) is 4.98. The molecule has 0 atom stereocenters. The Balaban J connectivity index is 1.47. The van der Waals surface area contributed by atoms with Crippen molar-refractivity contribution in [1.29, 1.82) is 0 Å². The highest BCUT2D eigenvalue weighted by Crippen LogP contribution is 2.32. The number of benzene rings is 3. The first kappa shape index (κ1) is 24.7. The Labute approximate surface area is 217 Å². The van der Waals surface area contributed by atoms with Crippen LogP contribution >= 0.6 is 11.3 Å². The lowest BCUT2D eigenvalue weighted by atomic mass is 10.2. The zero-order valence-corrected chi connectivity index (χ0v) is 21.4. The number of anilines is 2. The van der Waals surface area contributed by atoms with Crippen molar-refractivity contribution in [2.75, 3.05) is 15.7 Å². The van der Waals surface area contributed by atoms with Crippen molar-refractivity contribution in [3.63, 3.8) is 0 Å². The van der Waals surface area contributed by atoms with Crippen molar-refractivity contribution in [1.82, 2.24) is 4.98 Å². The molecular weight excluding hydrogens is 513 g/mol. The number of amides is 1. The molecule has 3 aromatic carbocycles. The Kier molecular flexibility index (Phi) is 6.77. The van der Waals surface area contributed by atoms with E-state index in [-0.39, 0.29) is 29.4 Å². The molecule has 0 unspecified atom stereocenters. The summed E-state index contributed by atoms with van der Waals surface area (Å²) < 4.78 is 47.7. The van der Waals surface area contributed by atoms with Gasteiger partial charge in [0.25, 0.3) is 15.9 Å². The molecule has 37 heavy (non-hydrogen) atoms. The number of hydrogen-bond donors (Lipinski definition) is 0. The van der Waals surface area contributed by atoms with Crippen molar-refractivity contribution in [2.45, 2.75) is 18.4 Å². The van der Waals surface area contributed by atoms with Gasteiger partial charge in [-0.3, -0.25) is 14.0 Å². The smallest absolute Gasteiger partial charge is 0.264 e. The molecule has 0 saturated heterocycles. The van der Waals surface area contributed by atoms with Crippen molar-refractivity contribution in [3.8, 4) is 0 Å². The lowest BCUT2D eigenvalue weighted by molar-refractivity contribution is 0.0983. The largest absolute Gasteiger partial charge is 0.467 e. The van der Waals surface area contributed by atoms with E-state index in [4.69, 9.17) is 4.42 Å². The maximum atomic E-state index is 13.7. The summed E-state index contributed by atoms with van der Waals surface area (Å²) in [6, 6.07) is 22.4. The molecule has 0 aliphatic rings. The molecular formula is C27H22FN3O4S2. The minimum atomic E-state index is -3.83. The van der Waals surface area contributed by atoms with Crippen LogP contribution in [0.25, 0.3) is 10.2 Å². The second-order valence-electron chi connectivity index (χ2n) is 8.11. The summed E-state index contributed by atoms with van der Waals surface area (Å²) in [6.45, 7) is 2.12. The maximum Gasteiger partial charge on any atom is 0.264 e. The fourth-order valence-electron chi connectivity index (χ4n) is 3.92. The van der Waals surface area contributed by atoms with Gasteiger partial charge in [-0.2, -0.15) is 0 Å². The highest BCUT2D eigenvalue weighted by molar-refractivity contribution is 7.92. The van der Waals surface area contributed by atoms with Gasteiger partial charge in [-0.05, 0) is 73.7 Å². The van der Waals surface area contributed by atoms with Gasteiger partial charge in [0.2, 0.25) is 0 Å². The van der Waals surface area contributed by atoms with Gasteiger partial charge in [-0.1, -0.05) is 29.5 Å². The number of carbonyl (C=O) groups excluding carboxylic acids is 1. The van der Waals surface area contributed by atoms with Crippen LogP contribution in [0.2, 0.25) is 0 Å². The van der Waals surface area contributed by atoms with Crippen molar-refractivity contribution >= 4 is 48.3 Å². The highest BCUT2D eigenvalue weighted by Gasteiger charge is 2.26. The van der Waals surface area contributed by atoms with Crippen LogP contribution < -0.4 is 9.21 Å². The Morgan fingerprint density at radius 1 is 1.00 bits per heavy atom. The van der Waals surface area contributed by atoms with Gasteiger partial charge in [-0.15, -0.1) is 0 Å². The first-order valence-corrected chi connectivity index (χ1v) is 13.7. The van der Waals surface area contributed by atoms with E-state index in [2.05, 4.69) is 4.98 Å². The first-order valence-electron chi connectivity index (χ1n) is 11.4. The molecule has 7 nitrogen and oxygen atoms in total. The van der Waals surface area contributed by atoms with E-state index in [1.165, 1.54) is 63.2 Å². The zero-order valence-electron chi connectivity index (χ0n) is 19.7. The Morgan fingerprint density at radius 3 is 2.43 bits per heavy atom. The second-order valence-corrected chi connectivity index (χ2v) is 11.0. The van der Waals surface area contributed by atoms with Gasteiger partial charge in [-0.25, -0.2) is 17.8 Å². The van der Waals surface area contributed by atoms with Crippen LogP contribution in [0.5, 0.6) is 0 Å². The summed E-state index contributed by atoms with van der Waals surface area (Å²) in [5.74, 6) is -0.241. The number of nitrogens with zero attached hydrogens (tertiary/aromatic N) is 3. The fraction of sp³-hybridized carbons (Fsp3) is 0.111. The number of thiazole rings is 1. The summed E-state index contributed by atoms with van der Waals surface area (Å²) >= 11 is 1.19. The van der Waals surface area contributed by atoms with Crippen molar-refractivity contribution < 1.29 is 22.0 Å². The number of halogens is 1. The van der Waals surface area contributed by atoms with Gasteiger partial charge >= 0.3 is 0 Å². The van der Waals surface area contributed by atoms with Gasteiger partial charge < -0.3 is 4.42 Å². The molecule has 0 radical (unpaired) electrons. The van der Waals surface area contributed by atoms with Crippen molar-refractivity contribution in [3.05, 3.63) is 108 Å². The lowest BCUT2D eigenvalue weighted by Crippen LogP contribution is -2.31. The van der Waals surface area contributed by atoms with E-state index in [1.807, 2.05) is 6.07 Å². The SMILES string of the molecule is CCN(c1ccccc1)S(=O)(=O)c1ccc(C(=O)N(Cc2ccco2)c2nc3ccc(F)cc3s2)cc1. The second kappa shape index (κ2) is 10.2. The van der Waals surface area contributed by atoms with Crippen LogP contribution in [-0.4, -0.2) is 25.9 Å². The Bertz CT molecular complexity index is 1630. The van der Waals surface area contributed by atoms with E-state index in [0.29, 0.717) is 26.8 Å². The van der Waals surface area contributed by atoms with Crippen LogP contribution in [0.1, 0.15) is 23.0 Å². The quantitative estimate of drug-likeness (QED) is 0.240. The molecule has 0 N–H and O–H groups in total. The van der Waals surface area contributed by atoms with E-state index in [9.17, 15) is 17.6 Å². The van der Waals surface area contributed by atoms with Gasteiger partial charge in [0.1, 0.15) is 11.6 Å². The van der Waals surface area contributed by atoms with E-state index >= 15 is 0 Å². The van der Waals surface area contributed by atoms with Gasteiger partial charge in [0.15, 0.2) is 5.13 Å². The summed E-state index contributed by atoms with van der Waals surface area (Å²) in [6.07, 6.45) is 1.51. The van der Waals surface area contributed by atoms with Crippen LogP contribution in [-0.2, 0) is 16.6 Å². The maximum absolute atomic E-state index is 13.7. The number of hydrogen-bond acceptors (Lipinski definition) is 6. The van der Waals surface area contributed by atoms with Gasteiger partial charge in [0.05, 0.1) is 33.6 Å². The minimum absolute atomic E-state index is 0.0720. The van der Waals surface area contributed by atoms with Crippen LogP contribution in [0.15, 0.2) is 101 Å². The lowest BCUT2D eigenvalue weighted by Gasteiger charge is -2.23. The number of rotatable bonds is 8. The van der Waals surface area contributed by atoms with Crippen LogP contribution in [0, 0.1) is 5.82 Å². The predicted octanol–water partition coefficient (Wildman–Crippen LogP) is 6.09. The predicted molar refractivity (Wildman–Crippen MR) is 142 cm³/mol. The molecule has 0 aliphatic carbocycles. The Morgan fingerprint density at radius 2 is 1.76 bits per heavy atom. The molecule has 1 amide bonds. The third-order valence-corrected chi connectivity index (χ3v) is 8.69. The molecule has 5 rings (SSSR count). The molecule has 5 aromatic rings. The average Bonchev–Trinajstić information content (AvgIpc) is 3.57. The van der Waals surface area contributed by atoms with Crippen molar-refractivity contribution in [2.24, 2.45) is 0 Å². The van der Waals surface area contributed by atoms with E-state index in [1.54, 1.807) is 49.4 Å². The summed E-state index contributed by atoms with van der Waals surface area (Å²) in [5.41, 5.74) is 1.40. The molecule has 0 bridgehead atoms. The normalized spacial score (nSPS) is 11.5. The third-order valence-electron chi connectivity index (χ3n) is 5.73. The zero-order chi connectivity index (χ0) is 26.0. The van der Waals surface area contributed by atoms with E-state index in [0.717, 1.165) is 0 Å². The van der Waals surface area contributed by atoms with Gasteiger partial charge in [0, 0.05) is 12.1 Å². The topological polar surface area (TPSA) is 83.7 Å². The number of sulfonamides is 1. The molecule has 2 aromatic heterocycles. The van der Waals surface area contributed by atoms with Crippen LogP contribution in [0.3, 0.4) is 0 Å². The molecule has 0 saturated carbocycles. The minimum Gasteiger partial charge on any atom is -0.467 e. The fourth-order valence-corrected chi connectivity index (χ4v) is 6.39. The standard InChI is InChI=1S/C27H22FN3O4S2/c1-2-31(21-7-4-3-5-8-21)37(33,34)23-13-10-19(11-14-23)26(32)30(18-22-9-6-16-35-22)27-29-24-15-12-20(28)17-25(24)36-27/h3-17H,2,18H2,1H3. The molecule has 10 heteroatoms. The number of aromatic nitrogens is 1. The molecule has 0 aliphatic heterocycles. The summed E-state index contributed by atoms with van der Waals surface area (Å²) in [7, 11) is -3.83. The van der Waals surface area contributed by atoms with E-state index < -0.39 is 15.9 Å². The number of para-hydroxylation sites is 1.